The number of nitrogens with one attached hydrogen (secondary N) is 1. The summed E-state index contributed by atoms with van der Waals surface area (Å²) in [6.07, 6.45) is 3.22. The number of halogens is 1. The summed E-state index contributed by atoms with van der Waals surface area (Å²) in [6.45, 7) is 2.63. The van der Waals surface area contributed by atoms with Crippen molar-refractivity contribution in [3.8, 4) is 0 Å². The third-order valence-electron chi connectivity index (χ3n) is 2.50. The minimum Gasteiger partial charge on any atom is -0.328 e. The molecule has 0 saturated carbocycles. The molecule has 0 radical (unpaired) electrons. The monoisotopic (exact) mass is 270 g/mol. The Hall–Kier alpha value is -1.40. The zero-order chi connectivity index (χ0) is 12.6. The van der Waals surface area contributed by atoms with Gasteiger partial charge in [-0.3, -0.25) is 14.4 Å². The molecule has 1 aliphatic rings. The van der Waals surface area contributed by atoms with Crippen LogP contribution in [0, 0.1) is 0 Å². The first-order valence-corrected chi connectivity index (χ1v) is 5.85. The van der Waals surface area contributed by atoms with E-state index in [0.29, 0.717) is 28.1 Å². The Kier molecular flexibility index (Phi) is 3.17. The van der Waals surface area contributed by atoms with E-state index in [1.807, 2.05) is 6.92 Å². The first kappa shape index (κ1) is 12.1. The lowest BCUT2D eigenvalue weighted by Gasteiger charge is -2.03. The van der Waals surface area contributed by atoms with Gasteiger partial charge >= 0.3 is 0 Å². The quantitative estimate of drug-likeness (QED) is 0.649. The molecule has 1 amide bonds. The van der Waals surface area contributed by atoms with Crippen LogP contribution in [0.2, 0.25) is 5.02 Å². The topological polar surface area (TPSA) is 50.2 Å². The van der Waals surface area contributed by atoms with Crippen LogP contribution in [-0.4, -0.2) is 32.7 Å². The van der Waals surface area contributed by atoms with E-state index in [1.165, 1.54) is 4.90 Å². The van der Waals surface area contributed by atoms with Gasteiger partial charge in [0.2, 0.25) is 0 Å². The highest BCUT2D eigenvalue weighted by atomic mass is 35.5. The minimum absolute atomic E-state index is 0.171. The van der Waals surface area contributed by atoms with Crippen LogP contribution in [0.15, 0.2) is 11.9 Å². The van der Waals surface area contributed by atoms with Crippen LogP contribution in [0.5, 0.6) is 0 Å². The summed E-state index contributed by atoms with van der Waals surface area (Å²) < 4.78 is 1.71. The van der Waals surface area contributed by atoms with Gasteiger partial charge in [-0.15, -0.1) is 0 Å². The Balaban J connectivity index is 2.40. The molecule has 1 N–H and O–H groups in total. The zero-order valence-electron chi connectivity index (χ0n) is 9.40. The number of carbonyl (C=O) groups excluding carboxylic acids is 1. The molecule has 0 spiro atoms. The molecule has 0 aliphatic carbocycles. The fourth-order valence-corrected chi connectivity index (χ4v) is 1.92. The van der Waals surface area contributed by atoms with E-state index in [9.17, 15) is 4.79 Å². The van der Waals surface area contributed by atoms with Crippen molar-refractivity contribution < 1.29 is 4.79 Å². The van der Waals surface area contributed by atoms with Gasteiger partial charge in [0.05, 0.1) is 16.9 Å². The highest BCUT2D eigenvalue weighted by Crippen LogP contribution is 2.20. The number of rotatable bonds is 2. The highest BCUT2D eigenvalue weighted by Gasteiger charge is 2.27. The van der Waals surface area contributed by atoms with E-state index in [1.54, 1.807) is 24.0 Å². The standard InChI is InChI=1S/C10H11ClN4OS/c1-3-15-8(6(11)5-12-15)4-7-9(16)14(2)10(17)13-7/h4-5H,3H2,1-2H3,(H,13,17)/b7-4+. The number of thiocarbonyl (C=S) groups is 1. The number of aryl methyl sites for hydroxylation is 1. The van der Waals surface area contributed by atoms with Crippen LogP contribution in [0.3, 0.4) is 0 Å². The molecule has 0 unspecified atom stereocenters. The van der Waals surface area contributed by atoms with Crippen LogP contribution >= 0.6 is 23.8 Å². The van der Waals surface area contributed by atoms with Crippen molar-refractivity contribution in [2.24, 2.45) is 0 Å². The molecule has 17 heavy (non-hydrogen) atoms. The van der Waals surface area contributed by atoms with Crippen LogP contribution in [0.1, 0.15) is 12.6 Å². The van der Waals surface area contributed by atoms with E-state index in [4.69, 9.17) is 23.8 Å². The van der Waals surface area contributed by atoms with Gasteiger partial charge in [0.25, 0.3) is 5.91 Å². The number of aromatic nitrogens is 2. The SMILES string of the molecule is CCn1ncc(Cl)c1/C=C1/NC(=S)N(C)C1=O. The molecule has 1 aromatic heterocycles. The van der Waals surface area contributed by atoms with Crippen molar-refractivity contribution in [1.82, 2.24) is 20.0 Å². The van der Waals surface area contributed by atoms with Crippen molar-refractivity contribution in [2.75, 3.05) is 7.05 Å². The van der Waals surface area contributed by atoms with E-state index >= 15 is 0 Å². The Labute approximate surface area is 109 Å². The first-order valence-electron chi connectivity index (χ1n) is 5.06. The largest absolute Gasteiger partial charge is 0.328 e. The highest BCUT2D eigenvalue weighted by molar-refractivity contribution is 7.80. The van der Waals surface area contributed by atoms with Crippen molar-refractivity contribution in [2.45, 2.75) is 13.5 Å². The molecule has 0 aromatic carbocycles. The second-order valence-corrected chi connectivity index (χ2v) is 4.34. The number of hydrogen-bond acceptors (Lipinski definition) is 3. The average molecular weight is 271 g/mol. The lowest BCUT2D eigenvalue weighted by molar-refractivity contribution is -0.121. The predicted octanol–water partition coefficient (Wildman–Crippen LogP) is 1.24. The lowest BCUT2D eigenvalue weighted by atomic mass is 10.3. The molecular formula is C10H11ClN4OS. The number of likely N-dealkylation sites (N-methyl/N-ethyl adjacent to an activating group) is 1. The fraction of sp³-hybridized carbons (Fsp3) is 0.300. The third kappa shape index (κ3) is 2.05. The van der Waals surface area contributed by atoms with Crippen molar-refractivity contribution in [3.05, 3.63) is 22.6 Å². The summed E-state index contributed by atoms with van der Waals surface area (Å²) in [6, 6.07) is 0. The smallest absolute Gasteiger partial charge is 0.276 e. The molecule has 1 fully saturated rings. The summed E-state index contributed by atoms with van der Waals surface area (Å²) in [5.74, 6) is -0.171. The Morgan fingerprint density at radius 3 is 2.88 bits per heavy atom. The minimum atomic E-state index is -0.171. The molecule has 2 rings (SSSR count). The number of hydrogen-bond donors (Lipinski definition) is 1. The van der Waals surface area contributed by atoms with E-state index in [2.05, 4.69) is 10.4 Å². The normalized spacial score (nSPS) is 18.1. The van der Waals surface area contributed by atoms with Crippen molar-refractivity contribution >= 4 is 40.9 Å². The van der Waals surface area contributed by atoms with E-state index in [-0.39, 0.29) is 5.91 Å². The van der Waals surface area contributed by atoms with Gasteiger partial charge in [0.15, 0.2) is 5.11 Å². The van der Waals surface area contributed by atoms with Gasteiger partial charge in [-0.1, -0.05) is 11.6 Å². The molecule has 2 heterocycles. The van der Waals surface area contributed by atoms with E-state index in [0.717, 1.165) is 0 Å². The molecular weight excluding hydrogens is 260 g/mol. The lowest BCUT2D eigenvalue weighted by Crippen LogP contribution is -2.25. The van der Waals surface area contributed by atoms with Crippen molar-refractivity contribution in [1.29, 1.82) is 0 Å². The summed E-state index contributed by atoms with van der Waals surface area (Å²) in [5, 5.41) is 7.83. The summed E-state index contributed by atoms with van der Waals surface area (Å²) in [7, 11) is 1.62. The fourth-order valence-electron chi connectivity index (χ4n) is 1.53. The molecule has 0 bridgehead atoms. The van der Waals surface area contributed by atoms with Crippen LogP contribution in [-0.2, 0) is 11.3 Å². The van der Waals surface area contributed by atoms with Gasteiger partial charge in [-0.25, -0.2) is 0 Å². The van der Waals surface area contributed by atoms with Gasteiger partial charge in [-0.05, 0) is 25.2 Å². The summed E-state index contributed by atoms with van der Waals surface area (Å²) in [4.78, 5) is 13.2. The second kappa shape index (κ2) is 4.46. The van der Waals surface area contributed by atoms with Crippen LogP contribution in [0.4, 0.5) is 0 Å². The van der Waals surface area contributed by atoms with Gasteiger partial charge in [-0.2, -0.15) is 5.10 Å². The van der Waals surface area contributed by atoms with Crippen LogP contribution in [0.25, 0.3) is 6.08 Å². The molecule has 7 heteroatoms. The first-order chi connectivity index (χ1) is 8.04. The maximum Gasteiger partial charge on any atom is 0.276 e. The number of amides is 1. The van der Waals surface area contributed by atoms with Gasteiger partial charge < -0.3 is 5.32 Å². The maximum atomic E-state index is 11.8. The molecule has 1 aromatic rings. The number of carbonyl (C=O) groups is 1. The zero-order valence-corrected chi connectivity index (χ0v) is 11.0. The predicted molar refractivity (Wildman–Crippen MR) is 69.4 cm³/mol. The Morgan fingerprint density at radius 1 is 1.65 bits per heavy atom. The molecule has 5 nitrogen and oxygen atoms in total. The molecule has 1 aliphatic heterocycles. The third-order valence-corrected chi connectivity index (χ3v) is 3.16. The summed E-state index contributed by atoms with van der Waals surface area (Å²) >= 11 is 11.0. The van der Waals surface area contributed by atoms with Gasteiger partial charge in [0.1, 0.15) is 5.70 Å². The number of nitrogens with zero attached hydrogens (tertiary/aromatic N) is 3. The summed E-state index contributed by atoms with van der Waals surface area (Å²) in [5.41, 5.74) is 1.11. The molecule has 1 saturated heterocycles. The molecule has 0 atom stereocenters. The van der Waals surface area contributed by atoms with E-state index < -0.39 is 0 Å². The van der Waals surface area contributed by atoms with Crippen molar-refractivity contribution in [3.63, 3.8) is 0 Å². The van der Waals surface area contributed by atoms with Crippen LogP contribution < -0.4 is 5.32 Å². The van der Waals surface area contributed by atoms with Gasteiger partial charge in [0, 0.05) is 13.6 Å². The Morgan fingerprint density at radius 2 is 2.35 bits per heavy atom. The maximum absolute atomic E-state index is 11.8. The molecule has 90 valence electrons. The second-order valence-electron chi connectivity index (χ2n) is 3.55. The Bertz CT molecular complexity index is 522. The average Bonchev–Trinajstić information content (AvgIpc) is 2.77.